The molecule has 0 saturated carbocycles. The van der Waals surface area contributed by atoms with Crippen LogP contribution in [0.15, 0.2) is 63.9 Å². The summed E-state index contributed by atoms with van der Waals surface area (Å²) in [5, 5.41) is 11.3. The molecular weight excluding hydrogens is 392 g/mol. The minimum atomic E-state index is -4.02. The molecule has 9 heteroatoms. The van der Waals surface area contributed by atoms with E-state index in [4.69, 9.17) is 14.7 Å². The Kier molecular flexibility index (Phi) is 6.31. The van der Waals surface area contributed by atoms with E-state index in [1.54, 1.807) is 12.1 Å². The van der Waals surface area contributed by atoms with Crippen LogP contribution in [0.2, 0.25) is 0 Å². The Hall–Kier alpha value is -2.75. The highest BCUT2D eigenvalue weighted by atomic mass is 32.2. The van der Waals surface area contributed by atoms with Crippen LogP contribution in [0.4, 0.5) is 6.01 Å². The number of nitrogens with two attached hydrogens (primary N) is 1. The van der Waals surface area contributed by atoms with Gasteiger partial charge in [0.2, 0.25) is 5.89 Å². The zero-order chi connectivity index (χ0) is 20.9. The van der Waals surface area contributed by atoms with Gasteiger partial charge in [0.1, 0.15) is 0 Å². The van der Waals surface area contributed by atoms with E-state index in [1.807, 2.05) is 25.1 Å². The molecule has 0 aliphatic carbocycles. The SMILES string of the molecule is Cc1ccc(S(=O)(=O)O)cc1.Nc1nnc(C2(c3ccccc3)CCNCC2)o1. The van der Waals surface area contributed by atoms with Gasteiger partial charge in [-0.15, -0.1) is 5.10 Å². The lowest BCUT2D eigenvalue weighted by Gasteiger charge is -2.34. The zero-order valence-corrected chi connectivity index (χ0v) is 16.9. The fraction of sp³-hybridized carbons (Fsp3) is 0.300. The van der Waals surface area contributed by atoms with Crippen molar-refractivity contribution < 1.29 is 17.4 Å². The average molecular weight is 417 g/mol. The van der Waals surface area contributed by atoms with E-state index in [2.05, 4.69) is 27.6 Å². The van der Waals surface area contributed by atoms with Crippen LogP contribution in [0.5, 0.6) is 0 Å². The maximum atomic E-state index is 10.5. The van der Waals surface area contributed by atoms with E-state index < -0.39 is 10.1 Å². The van der Waals surface area contributed by atoms with Crippen LogP contribution < -0.4 is 11.1 Å². The molecule has 2 heterocycles. The molecule has 0 amide bonds. The first-order valence-corrected chi connectivity index (χ1v) is 10.7. The van der Waals surface area contributed by atoms with E-state index in [1.165, 1.54) is 17.7 Å². The van der Waals surface area contributed by atoms with Crippen molar-refractivity contribution in [3.05, 3.63) is 71.6 Å². The monoisotopic (exact) mass is 416 g/mol. The fourth-order valence-electron chi connectivity index (χ4n) is 3.37. The summed E-state index contributed by atoms with van der Waals surface area (Å²) in [5.41, 5.74) is 7.54. The lowest BCUT2D eigenvalue weighted by Crippen LogP contribution is -2.41. The molecule has 0 unspecified atom stereocenters. The van der Waals surface area contributed by atoms with Crippen molar-refractivity contribution in [3.8, 4) is 0 Å². The second-order valence-electron chi connectivity index (χ2n) is 6.93. The highest BCUT2D eigenvalue weighted by molar-refractivity contribution is 7.85. The molecule has 1 aromatic heterocycles. The van der Waals surface area contributed by atoms with Gasteiger partial charge in [-0.1, -0.05) is 53.1 Å². The molecule has 29 heavy (non-hydrogen) atoms. The van der Waals surface area contributed by atoms with E-state index in [0.29, 0.717) is 5.89 Å². The van der Waals surface area contributed by atoms with Crippen molar-refractivity contribution in [2.75, 3.05) is 18.8 Å². The highest BCUT2D eigenvalue weighted by Gasteiger charge is 2.40. The number of nitrogens with one attached hydrogen (secondary N) is 1. The molecule has 0 atom stereocenters. The van der Waals surface area contributed by atoms with Gasteiger partial charge in [-0.05, 0) is 50.6 Å². The Morgan fingerprint density at radius 3 is 2.17 bits per heavy atom. The number of rotatable bonds is 3. The standard InChI is InChI=1S/C13H16N4O.C7H8O3S/c14-12-17-16-11(18-12)13(6-8-15-9-7-13)10-4-2-1-3-5-10;1-6-2-4-7(5-3-6)11(8,9)10/h1-5,15H,6-9H2,(H2,14,17);2-5H,1H3,(H,8,9,10). The molecule has 4 rings (SSSR count). The molecule has 1 aliphatic heterocycles. The van der Waals surface area contributed by atoms with Gasteiger partial charge in [-0.2, -0.15) is 8.42 Å². The number of nitrogen functional groups attached to an aromatic ring is 1. The van der Waals surface area contributed by atoms with Crippen LogP contribution in [0.1, 0.15) is 29.9 Å². The van der Waals surface area contributed by atoms with E-state index >= 15 is 0 Å². The molecule has 1 fully saturated rings. The van der Waals surface area contributed by atoms with Crippen LogP contribution in [0.25, 0.3) is 0 Å². The van der Waals surface area contributed by atoms with Gasteiger partial charge >= 0.3 is 6.01 Å². The number of nitrogens with zero attached hydrogens (tertiary/aromatic N) is 2. The Labute approximate surface area is 169 Å². The second kappa shape index (κ2) is 8.73. The fourth-order valence-corrected chi connectivity index (χ4v) is 3.85. The quantitative estimate of drug-likeness (QED) is 0.555. The summed E-state index contributed by atoms with van der Waals surface area (Å²) in [6.07, 6.45) is 1.89. The zero-order valence-electron chi connectivity index (χ0n) is 16.1. The number of aromatic nitrogens is 2. The van der Waals surface area contributed by atoms with Crippen LogP contribution in [-0.4, -0.2) is 36.3 Å². The largest absolute Gasteiger partial charge is 0.407 e. The van der Waals surface area contributed by atoms with Crippen molar-refractivity contribution in [2.24, 2.45) is 0 Å². The summed E-state index contributed by atoms with van der Waals surface area (Å²) in [7, 11) is -4.02. The van der Waals surface area contributed by atoms with Gasteiger partial charge in [0.15, 0.2) is 0 Å². The first kappa shape index (κ1) is 21.0. The van der Waals surface area contributed by atoms with Crippen molar-refractivity contribution >= 4 is 16.1 Å². The van der Waals surface area contributed by atoms with Crippen LogP contribution >= 0.6 is 0 Å². The van der Waals surface area contributed by atoms with Gasteiger partial charge in [0.25, 0.3) is 10.1 Å². The average Bonchev–Trinajstić information content (AvgIpc) is 3.16. The van der Waals surface area contributed by atoms with Crippen LogP contribution in [0.3, 0.4) is 0 Å². The maximum absolute atomic E-state index is 10.5. The lowest BCUT2D eigenvalue weighted by molar-refractivity contribution is 0.295. The minimum absolute atomic E-state index is 0.0666. The number of benzene rings is 2. The van der Waals surface area contributed by atoms with E-state index in [0.717, 1.165) is 31.5 Å². The summed E-state index contributed by atoms with van der Waals surface area (Å²) in [6.45, 7) is 3.72. The number of piperidine rings is 1. The summed E-state index contributed by atoms with van der Waals surface area (Å²) < 4.78 is 35.1. The van der Waals surface area contributed by atoms with Gasteiger partial charge in [-0.25, -0.2) is 0 Å². The van der Waals surface area contributed by atoms with Crippen molar-refractivity contribution in [1.29, 1.82) is 0 Å². The molecule has 3 aromatic rings. The predicted octanol–water partition coefficient (Wildman–Crippen LogP) is 2.56. The van der Waals surface area contributed by atoms with Crippen molar-refractivity contribution in [1.82, 2.24) is 15.5 Å². The molecule has 154 valence electrons. The summed E-state index contributed by atoms with van der Waals surface area (Å²) in [6, 6.07) is 16.5. The second-order valence-corrected chi connectivity index (χ2v) is 8.35. The smallest absolute Gasteiger partial charge is 0.312 e. The molecule has 2 aromatic carbocycles. The van der Waals surface area contributed by atoms with Gasteiger partial charge in [-0.3, -0.25) is 4.55 Å². The number of anilines is 1. The van der Waals surface area contributed by atoms with E-state index in [-0.39, 0.29) is 16.3 Å². The van der Waals surface area contributed by atoms with Crippen LogP contribution in [-0.2, 0) is 15.5 Å². The van der Waals surface area contributed by atoms with Gasteiger partial charge < -0.3 is 15.5 Å². The third-order valence-corrected chi connectivity index (χ3v) is 5.82. The molecule has 1 saturated heterocycles. The number of aryl methyl sites for hydroxylation is 1. The third kappa shape index (κ3) is 5.00. The predicted molar refractivity (Wildman–Crippen MR) is 109 cm³/mol. The number of hydrogen-bond donors (Lipinski definition) is 3. The number of hydrogen-bond acceptors (Lipinski definition) is 7. The molecule has 4 N–H and O–H groups in total. The Balaban J connectivity index is 0.000000188. The Bertz CT molecular complexity index is 1030. The Morgan fingerprint density at radius 1 is 1.03 bits per heavy atom. The maximum Gasteiger partial charge on any atom is 0.312 e. The molecule has 8 nitrogen and oxygen atoms in total. The highest BCUT2D eigenvalue weighted by Crippen LogP contribution is 2.39. The minimum Gasteiger partial charge on any atom is -0.407 e. The van der Waals surface area contributed by atoms with Crippen LogP contribution in [0, 0.1) is 6.92 Å². The summed E-state index contributed by atoms with van der Waals surface area (Å²) in [4.78, 5) is -0.0666. The molecule has 0 bridgehead atoms. The molecule has 1 aliphatic rings. The normalized spacial score (nSPS) is 15.9. The first-order valence-electron chi connectivity index (χ1n) is 9.21. The third-order valence-electron chi connectivity index (χ3n) is 4.95. The Morgan fingerprint density at radius 2 is 1.66 bits per heavy atom. The lowest BCUT2D eigenvalue weighted by atomic mass is 9.73. The topological polar surface area (TPSA) is 131 Å². The molecule has 0 radical (unpaired) electrons. The first-order chi connectivity index (χ1) is 13.8. The van der Waals surface area contributed by atoms with Gasteiger partial charge in [0.05, 0.1) is 10.3 Å². The van der Waals surface area contributed by atoms with E-state index in [9.17, 15) is 8.42 Å². The van der Waals surface area contributed by atoms with Crippen molar-refractivity contribution in [3.63, 3.8) is 0 Å². The molecule has 0 spiro atoms. The summed E-state index contributed by atoms with van der Waals surface area (Å²) >= 11 is 0. The van der Waals surface area contributed by atoms with Gasteiger partial charge in [0, 0.05) is 0 Å². The summed E-state index contributed by atoms with van der Waals surface area (Å²) in [5.74, 6) is 0.632. The van der Waals surface area contributed by atoms with Crippen molar-refractivity contribution in [2.45, 2.75) is 30.1 Å². The molecular formula is C20H24N4O4S.